The molecule has 6 nitrogen and oxygen atoms in total. The molecule has 0 aliphatic heterocycles. The number of carbonyl (C=O) groups excluding carboxylic acids is 1. The summed E-state index contributed by atoms with van der Waals surface area (Å²) < 4.78 is 0. The Kier molecular flexibility index (Phi) is 5.60. The van der Waals surface area contributed by atoms with E-state index in [1.165, 1.54) is 12.4 Å². The minimum Gasteiger partial charge on any atom is -0.352 e. The molecule has 0 saturated heterocycles. The Labute approximate surface area is 117 Å². The number of nitrogens with one attached hydrogen (secondary N) is 2. The number of hydrogen-bond acceptors (Lipinski definition) is 5. The van der Waals surface area contributed by atoms with Gasteiger partial charge in [0.05, 0.1) is 18.0 Å². The quantitative estimate of drug-likeness (QED) is 0.727. The highest BCUT2D eigenvalue weighted by atomic mass is 16.1. The number of amides is 1. The monoisotopic (exact) mass is 271 g/mol. The standard InChI is InChI=1S/C14H17N5O/c20-14(13-4-8-18-19-11-13)17-7-2-6-16-10-12-3-1-5-15-9-12/h1,3-5,8-9,11,16H,2,6-7,10H2,(H,17,20). The SMILES string of the molecule is O=C(NCCCNCc1cccnc1)c1ccnnc1. The maximum absolute atomic E-state index is 11.7. The molecule has 0 saturated carbocycles. The van der Waals surface area contributed by atoms with Gasteiger partial charge in [-0.3, -0.25) is 9.78 Å². The second-order valence-electron chi connectivity index (χ2n) is 4.28. The minimum absolute atomic E-state index is 0.118. The highest BCUT2D eigenvalue weighted by Gasteiger charge is 2.03. The number of hydrogen-bond donors (Lipinski definition) is 2. The van der Waals surface area contributed by atoms with Crippen LogP contribution in [0.2, 0.25) is 0 Å². The molecule has 0 atom stereocenters. The molecule has 0 aromatic carbocycles. The summed E-state index contributed by atoms with van der Waals surface area (Å²) in [4.78, 5) is 15.7. The lowest BCUT2D eigenvalue weighted by molar-refractivity contribution is 0.0952. The maximum atomic E-state index is 11.7. The molecule has 0 unspecified atom stereocenters. The summed E-state index contributed by atoms with van der Waals surface area (Å²) in [7, 11) is 0. The van der Waals surface area contributed by atoms with Crippen molar-refractivity contribution in [2.45, 2.75) is 13.0 Å². The average molecular weight is 271 g/mol. The van der Waals surface area contributed by atoms with Crippen LogP contribution in [0.25, 0.3) is 0 Å². The van der Waals surface area contributed by atoms with Gasteiger partial charge in [0.15, 0.2) is 0 Å². The van der Waals surface area contributed by atoms with Crippen molar-refractivity contribution < 1.29 is 4.79 Å². The second-order valence-corrected chi connectivity index (χ2v) is 4.28. The number of pyridine rings is 1. The molecule has 6 heteroatoms. The lowest BCUT2D eigenvalue weighted by Gasteiger charge is -2.06. The minimum atomic E-state index is -0.118. The van der Waals surface area contributed by atoms with Gasteiger partial charge in [-0.05, 0) is 30.7 Å². The summed E-state index contributed by atoms with van der Waals surface area (Å²) in [6.07, 6.45) is 7.42. The van der Waals surface area contributed by atoms with Crippen molar-refractivity contribution in [3.63, 3.8) is 0 Å². The molecule has 2 aromatic rings. The number of rotatable bonds is 7. The van der Waals surface area contributed by atoms with Crippen LogP contribution in [0.1, 0.15) is 22.3 Å². The van der Waals surface area contributed by atoms with Crippen LogP contribution in [0, 0.1) is 0 Å². The van der Waals surface area contributed by atoms with Gasteiger partial charge < -0.3 is 10.6 Å². The van der Waals surface area contributed by atoms with Gasteiger partial charge in [-0.1, -0.05) is 6.07 Å². The van der Waals surface area contributed by atoms with E-state index in [0.717, 1.165) is 25.1 Å². The summed E-state index contributed by atoms with van der Waals surface area (Å²) in [6, 6.07) is 5.58. The topological polar surface area (TPSA) is 79.8 Å². The number of aromatic nitrogens is 3. The normalized spacial score (nSPS) is 10.2. The molecule has 2 aromatic heterocycles. The Balaban J connectivity index is 1.57. The van der Waals surface area contributed by atoms with Crippen LogP contribution in [-0.4, -0.2) is 34.2 Å². The molecule has 104 valence electrons. The lowest BCUT2D eigenvalue weighted by atomic mass is 10.3. The predicted octanol–water partition coefficient (Wildman–Crippen LogP) is 0.781. The van der Waals surface area contributed by atoms with Gasteiger partial charge in [-0.2, -0.15) is 10.2 Å². The maximum Gasteiger partial charge on any atom is 0.252 e. The molecule has 0 aliphatic rings. The smallest absolute Gasteiger partial charge is 0.252 e. The van der Waals surface area contributed by atoms with Gasteiger partial charge in [-0.15, -0.1) is 0 Å². The number of nitrogens with zero attached hydrogens (tertiary/aromatic N) is 3. The molecule has 2 rings (SSSR count). The Bertz CT molecular complexity index is 518. The van der Waals surface area contributed by atoms with Crippen molar-refractivity contribution in [1.82, 2.24) is 25.8 Å². The Morgan fingerprint density at radius 3 is 2.80 bits per heavy atom. The fourth-order valence-corrected chi connectivity index (χ4v) is 1.68. The molecule has 1 amide bonds. The van der Waals surface area contributed by atoms with Crippen LogP contribution in [0.3, 0.4) is 0 Å². The van der Waals surface area contributed by atoms with E-state index in [2.05, 4.69) is 25.8 Å². The third kappa shape index (κ3) is 4.74. The first kappa shape index (κ1) is 14.1. The molecule has 20 heavy (non-hydrogen) atoms. The van der Waals surface area contributed by atoms with Crippen LogP contribution in [-0.2, 0) is 6.54 Å². The summed E-state index contributed by atoms with van der Waals surface area (Å²) in [5, 5.41) is 13.4. The summed E-state index contributed by atoms with van der Waals surface area (Å²) in [5.74, 6) is -0.118. The van der Waals surface area contributed by atoms with E-state index < -0.39 is 0 Å². The van der Waals surface area contributed by atoms with Crippen LogP contribution in [0.15, 0.2) is 43.0 Å². The van der Waals surface area contributed by atoms with Gasteiger partial charge in [0.2, 0.25) is 0 Å². The van der Waals surface area contributed by atoms with Crippen LogP contribution >= 0.6 is 0 Å². The van der Waals surface area contributed by atoms with Gasteiger partial charge >= 0.3 is 0 Å². The van der Waals surface area contributed by atoms with Crippen molar-refractivity contribution in [3.8, 4) is 0 Å². The predicted molar refractivity (Wildman–Crippen MR) is 74.9 cm³/mol. The first-order chi connectivity index (χ1) is 9.86. The Morgan fingerprint density at radius 2 is 2.05 bits per heavy atom. The van der Waals surface area contributed by atoms with Crippen molar-refractivity contribution in [2.24, 2.45) is 0 Å². The zero-order valence-electron chi connectivity index (χ0n) is 11.1. The fourth-order valence-electron chi connectivity index (χ4n) is 1.68. The molecule has 0 fully saturated rings. The van der Waals surface area contributed by atoms with Crippen molar-refractivity contribution >= 4 is 5.91 Å². The zero-order chi connectivity index (χ0) is 14.0. The van der Waals surface area contributed by atoms with Crippen molar-refractivity contribution in [1.29, 1.82) is 0 Å². The van der Waals surface area contributed by atoms with Crippen LogP contribution in [0.4, 0.5) is 0 Å². The molecule has 0 radical (unpaired) electrons. The molecule has 0 bridgehead atoms. The zero-order valence-corrected chi connectivity index (χ0v) is 11.1. The molecular formula is C14H17N5O. The van der Waals surface area contributed by atoms with E-state index >= 15 is 0 Å². The highest BCUT2D eigenvalue weighted by molar-refractivity contribution is 5.93. The molecule has 0 aliphatic carbocycles. The van der Waals surface area contributed by atoms with Gasteiger partial charge in [-0.25, -0.2) is 0 Å². The second kappa shape index (κ2) is 7.96. The fraction of sp³-hybridized carbons (Fsp3) is 0.286. The Hall–Kier alpha value is -2.34. The molecular weight excluding hydrogens is 254 g/mol. The molecule has 2 N–H and O–H groups in total. The molecule has 2 heterocycles. The molecule has 0 spiro atoms. The summed E-state index contributed by atoms with van der Waals surface area (Å²) in [6.45, 7) is 2.25. The van der Waals surface area contributed by atoms with Gasteiger partial charge in [0.1, 0.15) is 0 Å². The first-order valence-electron chi connectivity index (χ1n) is 6.51. The third-order valence-corrected chi connectivity index (χ3v) is 2.71. The van der Waals surface area contributed by atoms with Crippen molar-refractivity contribution in [2.75, 3.05) is 13.1 Å². The lowest BCUT2D eigenvalue weighted by Crippen LogP contribution is -2.27. The van der Waals surface area contributed by atoms with Crippen LogP contribution in [0.5, 0.6) is 0 Å². The van der Waals surface area contributed by atoms with Crippen molar-refractivity contribution in [3.05, 3.63) is 54.1 Å². The third-order valence-electron chi connectivity index (χ3n) is 2.71. The summed E-state index contributed by atoms with van der Waals surface area (Å²) >= 11 is 0. The van der Waals surface area contributed by atoms with E-state index in [4.69, 9.17) is 0 Å². The van der Waals surface area contributed by atoms with Gasteiger partial charge in [0, 0.05) is 25.5 Å². The Morgan fingerprint density at radius 1 is 1.10 bits per heavy atom. The van der Waals surface area contributed by atoms with E-state index in [1.54, 1.807) is 12.3 Å². The average Bonchev–Trinajstić information content (AvgIpc) is 2.52. The first-order valence-corrected chi connectivity index (χ1v) is 6.51. The van der Waals surface area contributed by atoms with E-state index in [9.17, 15) is 4.79 Å². The highest BCUT2D eigenvalue weighted by Crippen LogP contribution is 1.95. The van der Waals surface area contributed by atoms with Crippen LogP contribution < -0.4 is 10.6 Å². The number of carbonyl (C=O) groups is 1. The van der Waals surface area contributed by atoms with E-state index in [1.807, 2.05) is 18.3 Å². The van der Waals surface area contributed by atoms with E-state index in [-0.39, 0.29) is 5.91 Å². The summed E-state index contributed by atoms with van der Waals surface area (Å²) in [5.41, 5.74) is 1.68. The van der Waals surface area contributed by atoms with E-state index in [0.29, 0.717) is 12.1 Å². The largest absolute Gasteiger partial charge is 0.352 e. The van der Waals surface area contributed by atoms with Gasteiger partial charge in [0.25, 0.3) is 5.91 Å².